The fourth-order valence-electron chi connectivity index (χ4n) is 4.40. The van der Waals surface area contributed by atoms with Crippen molar-refractivity contribution in [1.82, 2.24) is 0 Å². The van der Waals surface area contributed by atoms with Gasteiger partial charge in [0.1, 0.15) is 0 Å². The van der Waals surface area contributed by atoms with Crippen LogP contribution >= 0.6 is 0 Å². The maximum Gasteiger partial charge on any atom is -0.0354 e. The van der Waals surface area contributed by atoms with E-state index >= 15 is 0 Å². The summed E-state index contributed by atoms with van der Waals surface area (Å²) in [6.45, 7) is 16.6. The normalized spacial score (nSPS) is 35.6. The largest absolute Gasteiger partial charge is 0.0625 e. The van der Waals surface area contributed by atoms with Crippen molar-refractivity contribution in [2.24, 2.45) is 35.0 Å². The lowest BCUT2D eigenvalue weighted by atomic mass is 9.74. The molecule has 0 aromatic heterocycles. The van der Waals surface area contributed by atoms with Crippen molar-refractivity contribution < 1.29 is 0 Å². The van der Waals surface area contributed by atoms with E-state index in [0.29, 0.717) is 5.41 Å². The molecule has 0 unspecified atom stereocenters. The van der Waals surface area contributed by atoms with Crippen LogP contribution in [-0.2, 0) is 0 Å². The maximum absolute atomic E-state index is 2.39. The molecule has 0 spiro atoms. The molecule has 150 valence electrons. The summed E-state index contributed by atoms with van der Waals surface area (Å²) in [6.07, 6.45) is 17.6. The number of hydrogen-bond donors (Lipinski definition) is 0. The molecule has 0 aromatic carbocycles. The Hall–Kier alpha value is 0. The first kappa shape index (κ1) is 23.0. The first-order valence-corrected chi connectivity index (χ1v) is 11.7. The minimum absolute atomic E-state index is 0.659. The molecule has 0 N–H and O–H groups in total. The summed E-state index contributed by atoms with van der Waals surface area (Å²) in [5.74, 6) is 5.08. The summed E-state index contributed by atoms with van der Waals surface area (Å²) in [4.78, 5) is 0. The highest BCUT2D eigenvalue weighted by Gasteiger charge is 2.24. The van der Waals surface area contributed by atoms with Crippen LogP contribution in [0.4, 0.5) is 0 Å². The average molecular weight is 351 g/mol. The van der Waals surface area contributed by atoms with Crippen LogP contribution in [0.3, 0.4) is 0 Å². The molecular weight excluding hydrogens is 300 g/mol. The van der Waals surface area contributed by atoms with Crippen LogP contribution in [0.1, 0.15) is 126 Å². The lowest BCUT2D eigenvalue weighted by Crippen LogP contribution is -2.19. The fraction of sp³-hybridized carbons (Fsp3) is 1.00. The first-order chi connectivity index (χ1) is 11.7. The molecule has 0 aliphatic heterocycles. The van der Waals surface area contributed by atoms with E-state index in [1.54, 1.807) is 0 Å². The van der Waals surface area contributed by atoms with Gasteiger partial charge in [-0.3, -0.25) is 0 Å². The van der Waals surface area contributed by atoms with Crippen molar-refractivity contribution in [3.05, 3.63) is 0 Å². The zero-order valence-electron chi connectivity index (χ0n) is 18.9. The monoisotopic (exact) mass is 350 g/mol. The Kier molecular flexibility index (Phi) is 10.7. The molecule has 0 nitrogen and oxygen atoms in total. The Balaban J connectivity index is 0.000000188. The van der Waals surface area contributed by atoms with Gasteiger partial charge in [-0.1, -0.05) is 113 Å². The summed E-state index contributed by atoms with van der Waals surface area (Å²) in [5, 5.41) is 0. The molecule has 0 saturated heterocycles. The van der Waals surface area contributed by atoms with Gasteiger partial charge in [0.05, 0.1) is 0 Å². The number of hydrogen-bond acceptors (Lipinski definition) is 0. The summed E-state index contributed by atoms with van der Waals surface area (Å²) in [6, 6.07) is 0. The highest BCUT2D eigenvalue weighted by molar-refractivity contribution is 4.76. The van der Waals surface area contributed by atoms with Gasteiger partial charge in [0.2, 0.25) is 0 Å². The molecule has 25 heavy (non-hydrogen) atoms. The Bertz CT molecular complexity index is 263. The third-order valence-electron chi connectivity index (χ3n) is 7.24. The maximum atomic E-state index is 2.39. The van der Waals surface area contributed by atoms with Crippen LogP contribution in [0.5, 0.6) is 0 Å². The Morgan fingerprint density at radius 3 is 0.800 bits per heavy atom. The van der Waals surface area contributed by atoms with Crippen molar-refractivity contribution in [3.8, 4) is 0 Å². The second-order valence-corrected chi connectivity index (χ2v) is 11.1. The second-order valence-electron chi connectivity index (χ2n) is 11.1. The molecule has 3 rings (SSSR count). The Morgan fingerprint density at radius 2 is 0.600 bits per heavy atom. The van der Waals surface area contributed by atoms with Gasteiger partial charge in [-0.15, -0.1) is 0 Å². The Morgan fingerprint density at radius 1 is 0.400 bits per heavy atom. The van der Waals surface area contributed by atoms with Crippen LogP contribution in [0.25, 0.3) is 0 Å². The fourth-order valence-corrected chi connectivity index (χ4v) is 4.40. The topological polar surface area (TPSA) is 0 Å². The average Bonchev–Trinajstić information content (AvgIpc) is 2.57. The molecule has 0 heteroatoms. The molecule has 3 saturated carbocycles. The van der Waals surface area contributed by atoms with Crippen molar-refractivity contribution in [2.45, 2.75) is 126 Å². The smallest absolute Gasteiger partial charge is 0.0354 e. The molecule has 3 aliphatic carbocycles. The minimum atomic E-state index is 0.659. The van der Waals surface area contributed by atoms with E-state index < -0.39 is 0 Å². The zero-order valence-corrected chi connectivity index (χ0v) is 18.9. The highest BCUT2D eigenvalue weighted by atomic mass is 14.3. The van der Waals surface area contributed by atoms with E-state index in [0.717, 1.165) is 29.6 Å². The summed E-state index contributed by atoms with van der Waals surface area (Å²) >= 11 is 0. The summed E-state index contributed by atoms with van der Waals surface area (Å²) < 4.78 is 0. The molecule has 0 radical (unpaired) electrons. The van der Waals surface area contributed by atoms with E-state index in [1.165, 1.54) is 77.0 Å². The number of rotatable bonds is 0. The van der Waals surface area contributed by atoms with Crippen molar-refractivity contribution in [3.63, 3.8) is 0 Å². The molecule has 3 aliphatic rings. The first-order valence-electron chi connectivity index (χ1n) is 11.7. The van der Waals surface area contributed by atoms with Crippen molar-refractivity contribution in [2.75, 3.05) is 0 Å². The van der Waals surface area contributed by atoms with Crippen LogP contribution in [0.15, 0.2) is 0 Å². The van der Waals surface area contributed by atoms with Crippen LogP contribution in [0.2, 0.25) is 0 Å². The van der Waals surface area contributed by atoms with Gasteiger partial charge in [-0.2, -0.15) is 0 Å². The third kappa shape index (κ3) is 11.3. The van der Waals surface area contributed by atoms with Crippen LogP contribution in [-0.4, -0.2) is 0 Å². The van der Waals surface area contributed by atoms with Gasteiger partial charge in [0.25, 0.3) is 0 Å². The molecule has 0 aromatic rings. The zero-order chi connectivity index (χ0) is 18.9. The van der Waals surface area contributed by atoms with E-state index in [2.05, 4.69) is 48.5 Å². The van der Waals surface area contributed by atoms with Gasteiger partial charge < -0.3 is 0 Å². The third-order valence-corrected chi connectivity index (χ3v) is 7.24. The van der Waals surface area contributed by atoms with E-state index in [-0.39, 0.29) is 0 Å². The van der Waals surface area contributed by atoms with E-state index in [9.17, 15) is 0 Å². The second kappa shape index (κ2) is 11.7. The minimum Gasteiger partial charge on any atom is -0.0625 e. The van der Waals surface area contributed by atoms with Gasteiger partial charge in [-0.25, -0.2) is 0 Å². The predicted molar refractivity (Wildman–Crippen MR) is 115 cm³/mol. The van der Waals surface area contributed by atoms with Crippen molar-refractivity contribution in [1.29, 1.82) is 0 Å². The van der Waals surface area contributed by atoms with Gasteiger partial charge in [0.15, 0.2) is 0 Å². The van der Waals surface area contributed by atoms with Crippen LogP contribution in [0, 0.1) is 35.0 Å². The molecule has 0 atom stereocenters. The molecule has 0 heterocycles. The molecular formula is C25H50. The van der Waals surface area contributed by atoms with Gasteiger partial charge in [-0.05, 0) is 47.8 Å². The predicted octanol–water partition coefficient (Wildman–Crippen LogP) is 8.89. The molecule has 3 fully saturated rings. The quantitative estimate of drug-likeness (QED) is 0.409. The van der Waals surface area contributed by atoms with E-state index in [4.69, 9.17) is 0 Å². The van der Waals surface area contributed by atoms with E-state index in [1.807, 2.05) is 0 Å². The SMILES string of the molecule is CC1CCC(C)(C)CC1.CC1CCC(C)CC1.CC1CCC(C)CC1. The van der Waals surface area contributed by atoms with Gasteiger partial charge >= 0.3 is 0 Å². The summed E-state index contributed by atoms with van der Waals surface area (Å²) in [7, 11) is 0. The molecule has 0 amide bonds. The van der Waals surface area contributed by atoms with Gasteiger partial charge in [0, 0.05) is 0 Å². The lowest BCUT2D eigenvalue weighted by molar-refractivity contribution is 0.201. The molecule has 0 bridgehead atoms. The standard InChI is InChI=1S/C9H18.2C8H16/c1-8-4-6-9(2,3)7-5-8;2*1-7-3-5-8(2)6-4-7/h8H,4-7H2,1-3H3;2*7-8H,3-6H2,1-2H3. The summed E-state index contributed by atoms with van der Waals surface area (Å²) in [5.41, 5.74) is 0.659. The lowest BCUT2D eigenvalue weighted by Gasteiger charge is -2.32. The van der Waals surface area contributed by atoms with Crippen molar-refractivity contribution >= 4 is 0 Å². The van der Waals surface area contributed by atoms with Crippen LogP contribution < -0.4 is 0 Å². The highest BCUT2D eigenvalue weighted by Crippen LogP contribution is 2.37. The Labute approximate surface area is 160 Å².